The van der Waals surface area contributed by atoms with Gasteiger partial charge in [0.05, 0.1) is 18.1 Å². The number of non-ortho nitro benzene ring substituents is 1. The second kappa shape index (κ2) is 6.72. The topological polar surface area (TPSA) is 126 Å². The average Bonchev–Trinajstić information content (AvgIpc) is 2.60. The van der Waals surface area contributed by atoms with Crippen molar-refractivity contribution in [2.75, 3.05) is 7.11 Å². The van der Waals surface area contributed by atoms with Crippen molar-refractivity contribution in [3.05, 3.63) is 68.6 Å². The van der Waals surface area contributed by atoms with Crippen LogP contribution in [0, 0.1) is 17.0 Å². The Balaban J connectivity index is 2.03. The molecule has 0 bridgehead atoms. The molecule has 0 saturated carbocycles. The van der Waals surface area contributed by atoms with E-state index < -0.39 is 20.7 Å². The fourth-order valence-electron chi connectivity index (χ4n) is 2.51. The van der Waals surface area contributed by atoms with Gasteiger partial charge in [-0.2, -0.15) is 8.42 Å². The van der Waals surface area contributed by atoms with Gasteiger partial charge in [-0.3, -0.25) is 10.1 Å². The lowest BCUT2D eigenvalue weighted by atomic mass is 10.1. The van der Waals surface area contributed by atoms with Gasteiger partial charge < -0.3 is 13.3 Å². The van der Waals surface area contributed by atoms with Crippen LogP contribution in [-0.2, 0) is 10.1 Å². The first-order chi connectivity index (χ1) is 12.7. The third kappa shape index (κ3) is 3.60. The first kappa shape index (κ1) is 18.4. The maximum Gasteiger partial charge on any atom is 0.342 e. The molecule has 0 atom stereocenters. The van der Waals surface area contributed by atoms with Gasteiger partial charge in [-0.15, -0.1) is 0 Å². The van der Waals surface area contributed by atoms with Gasteiger partial charge in [-0.25, -0.2) is 4.79 Å². The average molecular weight is 391 g/mol. The molecule has 1 aromatic heterocycles. The molecule has 0 N–H and O–H groups in total. The summed E-state index contributed by atoms with van der Waals surface area (Å²) in [6.45, 7) is 1.72. The van der Waals surface area contributed by atoms with Crippen LogP contribution in [0.25, 0.3) is 11.0 Å². The molecule has 3 aromatic rings. The third-order valence-electron chi connectivity index (χ3n) is 3.76. The third-order valence-corrected chi connectivity index (χ3v) is 5.04. The van der Waals surface area contributed by atoms with Gasteiger partial charge >= 0.3 is 15.7 Å². The van der Waals surface area contributed by atoms with E-state index >= 15 is 0 Å². The van der Waals surface area contributed by atoms with E-state index in [0.29, 0.717) is 10.9 Å². The molecule has 0 amide bonds. The number of methoxy groups -OCH3 is 1. The number of nitrogens with zero attached hydrogens (tertiary/aromatic N) is 1. The zero-order valence-corrected chi connectivity index (χ0v) is 15.0. The highest BCUT2D eigenvalue weighted by Gasteiger charge is 2.24. The largest absolute Gasteiger partial charge is 0.495 e. The standard InChI is InChI=1S/C17H13NO8S/c1-10-7-17(19)25-14-9-12(4-5-13(10)14)26-27(22,23)16-6-3-11(18(20)21)8-15(16)24-2/h3-9H,1-2H3. The number of fused-ring (bicyclic) bond motifs is 1. The molecule has 0 spiro atoms. The molecular formula is C17H13NO8S. The minimum Gasteiger partial charge on any atom is -0.495 e. The number of rotatable bonds is 5. The minimum atomic E-state index is -4.35. The number of ether oxygens (including phenoxy) is 1. The lowest BCUT2D eigenvalue weighted by Crippen LogP contribution is -2.11. The SMILES string of the molecule is COc1cc([N+](=O)[O-])ccc1S(=O)(=O)Oc1ccc2c(C)cc(=O)oc2c1. The van der Waals surface area contributed by atoms with Gasteiger partial charge in [0.15, 0.2) is 0 Å². The van der Waals surface area contributed by atoms with Crippen LogP contribution < -0.4 is 14.5 Å². The Morgan fingerprint density at radius 3 is 2.52 bits per heavy atom. The van der Waals surface area contributed by atoms with E-state index in [1.165, 1.54) is 25.3 Å². The highest BCUT2D eigenvalue weighted by atomic mass is 32.2. The number of hydrogen-bond donors (Lipinski definition) is 0. The molecule has 0 aliphatic rings. The Hall–Kier alpha value is -3.40. The summed E-state index contributed by atoms with van der Waals surface area (Å²) in [4.78, 5) is 21.3. The summed E-state index contributed by atoms with van der Waals surface area (Å²) < 4.78 is 40.2. The Kier molecular flexibility index (Phi) is 4.58. The zero-order chi connectivity index (χ0) is 19.8. The first-order valence-electron chi connectivity index (χ1n) is 7.53. The van der Waals surface area contributed by atoms with Crippen molar-refractivity contribution < 1.29 is 26.7 Å². The Labute approximate surface area is 153 Å². The summed E-state index contributed by atoms with van der Waals surface area (Å²) >= 11 is 0. The highest BCUT2D eigenvalue weighted by molar-refractivity contribution is 7.87. The second-order valence-corrected chi connectivity index (χ2v) is 7.05. The molecule has 0 unspecified atom stereocenters. The number of hydrogen-bond acceptors (Lipinski definition) is 8. The highest BCUT2D eigenvalue weighted by Crippen LogP contribution is 2.31. The molecule has 0 radical (unpaired) electrons. The van der Waals surface area contributed by atoms with Gasteiger partial charge in [0, 0.05) is 23.6 Å². The van der Waals surface area contributed by atoms with Crippen LogP contribution in [-0.4, -0.2) is 20.5 Å². The number of nitro groups is 1. The summed E-state index contributed by atoms with van der Waals surface area (Å²) in [7, 11) is -3.17. The number of aryl methyl sites for hydroxylation is 1. The summed E-state index contributed by atoms with van der Waals surface area (Å²) in [5.41, 5.74) is -0.0538. The van der Waals surface area contributed by atoms with Crippen LogP contribution in [0.4, 0.5) is 5.69 Å². The van der Waals surface area contributed by atoms with Crippen molar-refractivity contribution in [2.45, 2.75) is 11.8 Å². The van der Waals surface area contributed by atoms with Crippen LogP contribution >= 0.6 is 0 Å². The molecule has 9 nitrogen and oxygen atoms in total. The normalized spacial score (nSPS) is 11.3. The van der Waals surface area contributed by atoms with Crippen molar-refractivity contribution in [3.63, 3.8) is 0 Å². The van der Waals surface area contributed by atoms with E-state index in [1.54, 1.807) is 13.0 Å². The summed E-state index contributed by atoms with van der Waals surface area (Å²) in [6, 6.07) is 8.61. The molecule has 27 heavy (non-hydrogen) atoms. The van der Waals surface area contributed by atoms with Gasteiger partial charge in [-0.1, -0.05) is 0 Å². The van der Waals surface area contributed by atoms with Crippen LogP contribution in [0.5, 0.6) is 11.5 Å². The minimum absolute atomic E-state index is 0.0864. The lowest BCUT2D eigenvalue weighted by Gasteiger charge is -2.11. The van der Waals surface area contributed by atoms with E-state index in [-0.39, 0.29) is 27.7 Å². The Bertz CT molecular complexity index is 1210. The number of nitro benzene ring substituents is 1. The van der Waals surface area contributed by atoms with E-state index in [4.69, 9.17) is 13.3 Å². The molecule has 0 aliphatic carbocycles. The maximum atomic E-state index is 12.6. The van der Waals surface area contributed by atoms with Crippen molar-refractivity contribution in [1.82, 2.24) is 0 Å². The molecule has 0 saturated heterocycles. The Morgan fingerprint density at radius 1 is 1.11 bits per heavy atom. The van der Waals surface area contributed by atoms with Gasteiger partial charge in [0.2, 0.25) is 0 Å². The Morgan fingerprint density at radius 2 is 1.85 bits per heavy atom. The maximum absolute atomic E-state index is 12.6. The fourth-order valence-corrected chi connectivity index (χ4v) is 3.58. The van der Waals surface area contributed by atoms with Crippen LogP contribution in [0.3, 0.4) is 0 Å². The molecule has 2 aromatic carbocycles. The van der Waals surface area contributed by atoms with Crippen molar-refractivity contribution in [2.24, 2.45) is 0 Å². The summed E-state index contributed by atoms with van der Waals surface area (Å²) in [5, 5.41) is 11.5. The van der Waals surface area contributed by atoms with E-state index in [0.717, 1.165) is 18.2 Å². The quantitative estimate of drug-likeness (QED) is 0.281. The monoisotopic (exact) mass is 391 g/mol. The summed E-state index contributed by atoms with van der Waals surface area (Å²) in [6.07, 6.45) is 0. The van der Waals surface area contributed by atoms with Crippen molar-refractivity contribution in [3.8, 4) is 11.5 Å². The molecule has 0 aliphatic heterocycles. The summed E-state index contributed by atoms with van der Waals surface area (Å²) in [5.74, 6) is -0.316. The fraction of sp³-hybridized carbons (Fsp3) is 0.118. The number of benzene rings is 2. The van der Waals surface area contributed by atoms with Crippen molar-refractivity contribution >= 4 is 26.8 Å². The van der Waals surface area contributed by atoms with E-state index in [9.17, 15) is 23.3 Å². The molecule has 1 heterocycles. The smallest absolute Gasteiger partial charge is 0.342 e. The van der Waals surface area contributed by atoms with E-state index in [1.807, 2.05) is 0 Å². The second-order valence-electron chi connectivity index (χ2n) is 5.54. The van der Waals surface area contributed by atoms with Gasteiger partial charge in [-0.05, 0) is 30.7 Å². The van der Waals surface area contributed by atoms with Crippen LogP contribution in [0.1, 0.15) is 5.56 Å². The molecule has 0 fully saturated rings. The predicted octanol–water partition coefficient (Wildman–Crippen LogP) is 2.79. The molecular weight excluding hydrogens is 378 g/mol. The van der Waals surface area contributed by atoms with E-state index in [2.05, 4.69) is 0 Å². The predicted molar refractivity (Wildman–Crippen MR) is 94.7 cm³/mol. The van der Waals surface area contributed by atoms with Crippen molar-refractivity contribution in [1.29, 1.82) is 0 Å². The van der Waals surface area contributed by atoms with Gasteiger partial charge in [0.25, 0.3) is 5.69 Å². The molecule has 140 valence electrons. The first-order valence-corrected chi connectivity index (χ1v) is 8.93. The molecule has 3 rings (SSSR count). The van der Waals surface area contributed by atoms with Crippen LogP contribution in [0.2, 0.25) is 0 Å². The van der Waals surface area contributed by atoms with Gasteiger partial charge in [0.1, 0.15) is 22.0 Å². The lowest BCUT2D eigenvalue weighted by molar-refractivity contribution is -0.385. The zero-order valence-electron chi connectivity index (χ0n) is 14.2. The van der Waals surface area contributed by atoms with Crippen LogP contribution in [0.15, 0.2) is 56.6 Å². The molecule has 10 heteroatoms.